The van der Waals surface area contributed by atoms with E-state index in [2.05, 4.69) is 22.1 Å². The molecule has 4 rings (SSSR count). The van der Waals surface area contributed by atoms with Crippen LogP contribution in [0, 0.1) is 0 Å². The van der Waals surface area contributed by atoms with Crippen molar-refractivity contribution in [3.05, 3.63) is 18.0 Å². The second-order valence-electron chi connectivity index (χ2n) is 8.86. The molecule has 160 valence electrons. The van der Waals surface area contributed by atoms with Crippen LogP contribution in [0.3, 0.4) is 0 Å². The number of likely N-dealkylation sites (tertiary alicyclic amines) is 1. The summed E-state index contributed by atoms with van der Waals surface area (Å²) in [6.45, 7) is 3.61. The third kappa shape index (κ3) is 4.57. The molecule has 0 radical (unpaired) electrons. The highest BCUT2D eigenvalue weighted by molar-refractivity contribution is 5.92. The van der Waals surface area contributed by atoms with Crippen molar-refractivity contribution in [1.29, 1.82) is 0 Å². The first kappa shape index (κ1) is 20.2. The van der Waals surface area contributed by atoms with Crippen molar-refractivity contribution < 1.29 is 14.3 Å². The molecule has 1 aliphatic carbocycles. The molecule has 3 fully saturated rings. The molecule has 29 heavy (non-hydrogen) atoms. The van der Waals surface area contributed by atoms with Gasteiger partial charge in [0.15, 0.2) is 0 Å². The van der Waals surface area contributed by atoms with Gasteiger partial charge in [0.25, 0.3) is 5.91 Å². The number of hydrogen-bond donors (Lipinski definition) is 1. The van der Waals surface area contributed by atoms with Crippen molar-refractivity contribution in [2.24, 2.45) is 0 Å². The third-order valence-electron chi connectivity index (χ3n) is 6.87. The zero-order chi connectivity index (χ0) is 20.3. The first-order valence-electron chi connectivity index (χ1n) is 11.0. The number of carbonyl (C=O) groups excluding carboxylic acids is 2. The maximum Gasteiger partial charge on any atom is 0.410 e. The van der Waals surface area contributed by atoms with Gasteiger partial charge in [0.05, 0.1) is 6.54 Å². The van der Waals surface area contributed by atoms with E-state index in [1.807, 2.05) is 9.80 Å². The van der Waals surface area contributed by atoms with Gasteiger partial charge in [-0.15, -0.1) is 0 Å². The highest BCUT2D eigenvalue weighted by Gasteiger charge is 2.47. The maximum absolute atomic E-state index is 12.5. The lowest BCUT2D eigenvalue weighted by Gasteiger charge is -2.37. The summed E-state index contributed by atoms with van der Waals surface area (Å²) in [5, 5.41) is 6.57. The van der Waals surface area contributed by atoms with Gasteiger partial charge in [-0.25, -0.2) is 4.79 Å². The number of aromatic nitrogens is 2. The molecule has 8 nitrogen and oxygen atoms in total. The largest absolute Gasteiger partial charge is 0.441 e. The third-order valence-corrected chi connectivity index (χ3v) is 6.87. The number of amides is 2. The molecular formula is C21H33N5O3. The van der Waals surface area contributed by atoms with Gasteiger partial charge in [0.1, 0.15) is 11.3 Å². The summed E-state index contributed by atoms with van der Waals surface area (Å²) in [4.78, 5) is 31.0. The van der Waals surface area contributed by atoms with Crippen LogP contribution in [0.15, 0.2) is 12.3 Å². The molecule has 0 aromatic carbocycles. The van der Waals surface area contributed by atoms with Crippen molar-refractivity contribution in [3.8, 4) is 0 Å². The number of carbonyl (C=O) groups is 2. The Morgan fingerprint density at radius 2 is 2.07 bits per heavy atom. The Kier molecular flexibility index (Phi) is 6.08. The van der Waals surface area contributed by atoms with Crippen molar-refractivity contribution in [2.45, 2.75) is 63.0 Å². The number of H-pyrrole nitrogens is 1. The zero-order valence-electron chi connectivity index (χ0n) is 17.4. The fourth-order valence-electron chi connectivity index (χ4n) is 5.00. The van der Waals surface area contributed by atoms with Crippen molar-refractivity contribution in [2.75, 3.05) is 39.8 Å². The molecular weight excluding hydrogens is 370 g/mol. The lowest BCUT2D eigenvalue weighted by Crippen LogP contribution is -2.48. The lowest BCUT2D eigenvalue weighted by atomic mass is 9.91. The van der Waals surface area contributed by atoms with E-state index >= 15 is 0 Å². The van der Waals surface area contributed by atoms with E-state index in [-0.39, 0.29) is 12.0 Å². The van der Waals surface area contributed by atoms with Gasteiger partial charge in [0.2, 0.25) is 0 Å². The molecule has 1 spiro atoms. The SMILES string of the molecule is CN(CCCN1CC2(CCN(C(=O)c3ccn[nH]3)CC2)OC1=O)C1CCCCC1. The van der Waals surface area contributed by atoms with Gasteiger partial charge < -0.3 is 19.4 Å². The Morgan fingerprint density at radius 1 is 1.31 bits per heavy atom. The number of nitrogens with one attached hydrogen (secondary N) is 1. The molecule has 0 unspecified atom stereocenters. The van der Waals surface area contributed by atoms with Crippen molar-refractivity contribution >= 4 is 12.0 Å². The highest BCUT2D eigenvalue weighted by atomic mass is 16.6. The monoisotopic (exact) mass is 403 g/mol. The number of piperidine rings is 1. The Bertz CT molecular complexity index is 693. The summed E-state index contributed by atoms with van der Waals surface area (Å²) in [6.07, 6.45) is 10.4. The summed E-state index contributed by atoms with van der Waals surface area (Å²) in [5.74, 6) is -0.0377. The van der Waals surface area contributed by atoms with Crippen LogP contribution in [-0.2, 0) is 4.74 Å². The molecule has 8 heteroatoms. The quantitative estimate of drug-likeness (QED) is 0.789. The number of rotatable bonds is 6. The minimum absolute atomic E-state index is 0.0377. The predicted octanol–water partition coefficient (Wildman–Crippen LogP) is 2.49. The van der Waals surface area contributed by atoms with E-state index in [1.165, 1.54) is 32.1 Å². The Morgan fingerprint density at radius 3 is 2.76 bits per heavy atom. The molecule has 0 bridgehead atoms. The van der Waals surface area contributed by atoms with Crippen LogP contribution in [0.5, 0.6) is 0 Å². The fourth-order valence-corrected chi connectivity index (χ4v) is 5.00. The molecule has 1 aromatic rings. The molecule has 3 heterocycles. The van der Waals surface area contributed by atoms with E-state index < -0.39 is 5.60 Å². The van der Waals surface area contributed by atoms with Crippen LogP contribution in [0.25, 0.3) is 0 Å². The summed E-state index contributed by atoms with van der Waals surface area (Å²) in [5.41, 5.74) is 0.0741. The second kappa shape index (κ2) is 8.73. The molecule has 2 amide bonds. The Hall–Kier alpha value is -2.09. The molecule has 3 aliphatic rings. The molecule has 2 aliphatic heterocycles. The molecule has 1 N–H and O–H groups in total. The zero-order valence-corrected chi connectivity index (χ0v) is 17.4. The maximum atomic E-state index is 12.5. The van der Waals surface area contributed by atoms with Gasteiger partial charge >= 0.3 is 6.09 Å². The minimum Gasteiger partial charge on any atom is -0.441 e. The summed E-state index contributed by atoms with van der Waals surface area (Å²) >= 11 is 0. The Balaban J connectivity index is 1.22. The summed E-state index contributed by atoms with van der Waals surface area (Å²) < 4.78 is 5.81. The van der Waals surface area contributed by atoms with Crippen LogP contribution in [0.1, 0.15) is 61.9 Å². The minimum atomic E-state index is -0.433. The Labute approximate surface area is 172 Å². The average Bonchev–Trinajstić information content (AvgIpc) is 3.38. The van der Waals surface area contributed by atoms with Crippen LogP contribution in [-0.4, -0.2) is 88.3 Å². The normalized spacial score (nSPS) is 22.5. The van der Waals surface area contributed by atoms with E-state index in [1.54, 1.807) is 12.3 Å². The van der Waals surface area contributed by atoms with E-state index in [0.29, 0.717) is 44.2 Å². The van der Waals surface area contributed by atoms with E-state index in [4.69, 9.17) is 4.74 Å². The number of hydrogen-bond acceptors (Lipinski definition) is 5. The van der Waals surface area contributed by atoms with Gasteiger partial charge in [-0.2, -0.15) is 5.10 Å². The molecule has 0 atom stereocenters. The van der Waals surface area contributed by atoms with Crippen LogP contribution in [0.2, 0.25) is 0 Å². The average molecular weight is 404 g/mol. The number of ether oxygens (including phenoxy) is 1. The predicted molar refractivity (Wildman–Crippen MR) is 109 cm³/mol. The lowest BCUT2D eigenvalue weighted by molar-refractivity contribution is 0.00296. The van der Waals surface area contributed by atoms with Gasteiger partial charge in [-0.3, -0.25) is 9.89 Å². The van der Waals surface area contributed by atoms with Crippen molar-refractivity contribution in [3.63, 3.8) is 0 Å². The van der Waals surface area contributed by atoms with E-state index in [9.17, 15) is 9.59 Å². The van der Waals surface area contributed by atoms with Gasteiger partial charge in [0, 0.05) is 44.7 Å². The number of aromatic amines is 1. The van der Waals surface area contributed by atoms with Crippen LogP contribution >= 0.6 is 0 Å². The summed E-state index contributed by atoms with van der Waals surface area (Å²) in [7, 11) is 2.21. The van der Waals surface area contributed by atoms with Crippen LogP contribution < -0.4 is 0 Å². The summed E-state index contributed by atoms with van der Waals surface area (Å²) in [6, 6.07) is 2.39. The fraction of sp³-hybridized carbons (Fsp3) is 0.762. The first-order chi connectivity index (χ1) is 14.1. The van der Waals surface area contributed by atoms with Gasteiger partial charge in [-0.1, -0.05) is 19.3 Å². The van der Waals surface area contributed by atoms with Gasteiger partial charge in [-0.05, 0) is 38.9 Å². The first-order valence-corrected chi connectivity index (χ1v) is 11.0. The van der Waals surface area contributed by atoms with Crippen molar-refractivity contribution in [1.82, 2.24) is 24.9 Å². The standard InChI is InChI=1S/C21H33N5O3/c1-24(17-6-3-2-4-7-17)12-5-13-26-16-21(29-20(26)28)9-14-25(15-10-21)19(27)18-8-11-22-23-18/h8,11,17H,2-7,9-10,12-16H2,1H3,(H,22,23). The molecule has 1 saturated carbocycles. The smallest absolute Gasteiger partial charge is 0.410 e. The second-order valence-corrected chi connectivity index (χ2v) is 8.86. The topological polar surface area (TPSA) is 81.8 Å². The highest BCUT2D eigenvalue weighted by Crippen LogP contribution is 2.33. The molecule has 2 saturated heterocycles. The van der Waals surface area contributed by atoms with Crippen LogP contribution in [0.4, 0.5) is 4.79 Å². The number of nitrogens with zero attached hydrogens (tertiary/aromatic N) is 4. The molecule has 1 aromatic heterocycles. The van der Waals surface area contributed by atoms with E-state index in [0.717, 1.165) is 19.5 Å².